The SMILES string of the molecule is COc1ccc(CC(=O)CNc2nc3c(cnn3C(C)C)c(=O)[nH]2)cc1. The van der Waals surface area contributed by atoms with Crippen molar-refractivity contribution in [2.75, 3.05) is 19.0 Å². The van der Waals surface area contributed by atoms with E-state index in [1.54, 1.807) is 11.8 Å². The van der Waals surface area contributed by atoms with Crippen LogP contribution in [0.5, 0.6) is 5.75 Å². The summed E-state index contributed by atoms with van der Waals surface area (Å²) in [6.45, 7) is 3.98. The summed E-state index contributed by atoms with van der Waals surface area (Å²) in [5.74, 6) is 0.986. The molecule has 1 aromatic carbocycles. The van der Waals surface area contributed by atoms with Gasteiger partial charge in [0.15, 0.2) is 11.4 Å². The van der Waals surface area contributed by atoms with Crippen LogP contribution in [-0.4, -0.2) is 39.2 Å². The number of benzene rings is 1. The van der Waals surface area contributed by atoms with Crippen LogP contribution in [-0.2, 0) is 11.2 Å². The molecule has 0 atom stereocenters. The molecule has 2 aromatic heterocycles. The van der Waals surface area contributed by atoms with E-state index in [1.165, 1.54) is 6.20 Å². The fourth-order valence-electron chi connectivity index (χ4n) is 2.61. The summed E-state index contributed by atoms with van der Waals surface area (Å²) in [5.41, 5.74) is 1.10. The summed E-state index contributed by atoms with van der Waals surface area (Å²) in [4.78, 5) is 31.3. The van der Waals surface area contributed by atoms with Crippen molar-refractivity contribution in [1.29, 1.82) is 0 Å². The minimum absolute atomic E-state index is 0.0183. The largest absolute Gasteiger partial charge is 0.497 e. The number of aromatic nitrogens is 4. The van der Waals surface area contributed by atoms with E-state index < -0.39 is 0 Å². The summed E-state index contributed by atoms with van der Waals surface area (Å²) >= 11 is 0. The van der Waals surface area contributed by atoms with Gasteiger partial charge in [0.05, 0.1) is 19.9 Å². The summed E-state index contributed by atoms with van der Waals surface area (Å²) in [7, 11) is 1.60. The maximum absolute atomic E-state index is 12.2. The van der Waals surface area contributed by atoms with Gasteiger partial charge in [-0.2, -0.15) is 10.1 Å². The van der Waals surface area contributed by atoms with E-state index >= 15 is 0 Å². The molecule has 2 N–H and O–H groups in total. The molecule has 3 rings (SSSR count). The predicted octanol–water partition coefficient (Wildman–Crippen LogP) is 1.93. The Morgan fingerprint density at radius 1 is 1.31 bits per heavy atom. The van der Waals surface area contributed by atoms with E-state index in [0.29, 0.717) is 11.0 Å². The number of hydrogen-bond donors (Lipinski definition) is 2. The minimum atomic E-state index is -0.285. The number of ketones is 1. The van der Waals surface area contributed by atoms with Crippen molar-refractivity contribution in [2.24, 2.45) is 0 Å². The summed E-state index contributed by atoms with van der Waals surface area (Å²) in [5, 5.41) is 7.51. The first kappa shape index (κ1) is 17.7. The van der Waals surface area contributed by atoms with Gasteiger partial charge in [-0.3, -0.25) is 14.6 Å². The predicted molar refractivity (Wildman–Crippen MR) is 98.7 cm³/mol. The standard InChI is InChI=1S/C18H21N5O3/c1-11(2)23-16-15(10-20-23)17(25)22-18(21-16)19-9-13(24)8-12-4-6-14(26-3)7-5-12/h4-7,10-11H,8-9H2,1-3H3,(H2,19,21,22,25). The Morgan fingerprint density at radius 3 is 2.69 bits per heavy atom. The van der Waals surface area contributed by atoms with Gasteiger partial charge < -0.3 is 10.1 Å². The average molecular weight is 355 g/mol. The topological polar surface area (TPSA) is 102 Å². The molecule has 3 aromatic rings. The molecule has 26 heavy (non-hydrogen) atoms. The van der Waals surface area contributed by atoms with Crippen molar-refractivity contribution in [3.63, 3.8) is 0 Å². The van der Waals surface area contributed by atoms with Gasteiger partial charge >= 0.3 is 0 Å². The average Bonchev–Trinajstić information content (AvgIpc) is 3.05. The number of carbonyl (C=O) groups excluding carboxylic acids is 1. The number of rotatable bonds is 7. The Hall–Kier alpha value is -3.16. The molecule has 0 aliphatic carbocycles. The number of carbonyl (C=O) groups is 1. The molecule has 8 heteroatoms. The minimum Gasteiger partial charge on any atom is -0.497 e. The van der Waals surface area contributed by atoms with Gasteiger partial charge in [0.2, 0.25) is 5.95 Å². The highest BCUT2D eigenvalue weighted by Gasteiger charge is 2.12. The Morgan fingerprint density at radius 2 is 2.04 bits per heavy atom. The van der Waals surface area contributed by atoms with Gasteiger partial charge in [0.1, 0.15) is 11.1 Å². The first-order valence-electron chi connectivity index (χ1n) is 8.34. The molecule has 0 saturated carbocycles. The monoisotopic (exact) mass is 355 g/mol. The van der Waals surface area contributed by atoms with Crippen LogP contribution in [0.3, 0.4) is 0 Å². The van der Waals surface area contributed by atoms with E-state index in [2.05, 4.69) is 20.4 Å². The lowest BCUT2D eigenvalue weighted by atomic mass is 10.1. The molecular formula is C18H21N5O3. The Labute approximate surface area is 150 Å². The highest BCUT2D eigenvalue weighted by atomic mass is 16.5. The normalized spacial score (nSPS) is 11.1. The Kier molecular flexibility index (Phi) is 5.01. The maximum atomic E-state index is 12.2. The van der Waals surface area contributed by atoms with Gasteiger partial charge in [0, 0.05) is 12.5 Å². The molecule has 0 aliphatic heterocycles. The summed E-state index contributed by atoms with van der Waals surface area (Å²) in [6.07, 6.45) is 1.78. The molecule has 0 unspecified atom stereocenters. The quantitative estimate of drug-likeness (QED) is 0.671. The molecule has 8 nitrogen and oxygen atoms in total. The van der Waals surface area contributed by atoms with Gasteiger partial charge in [-0.15, -0.1) is 0 Å². The van der Waals surface area contributed by atoms with Crippen molar-refractivity contribution < 1.29 is 9.53 Å². The first-order valence-corrected chi connectivity index (χ1v) is 8.34. The number of H-pyrrole nitrogens is 1. The fourth-order valence-corrected chi connectivity index (χ4v) is 2.61. The van der Waals surface area contributed by atoms with Crippen LogP contribution in [0.1, 0.15) is 25.5 Å². The number of fused-ring (bicyclic) bond motifs is 1. The maximum Gasteiger partial charge on any atom is 0.263 e. The number of methoxy groups -OCH3 is 1. The molecule has 0 aliphatic rings. The summed E-state index contributed by atoms with van der Waals surface area (Å²) in [6, 6.07) is 7.41. The number of hydrogen-bond acceptors (Lipinski definition) is 6. The van der Waals surface area contributed by atoms with Gasteiger partial charge in [-0.1, -0.05) is 12.1 Å². The van der Waals surface area contributed by atoms with Gasteiger partial charge in [-0.25, -0.2) is 4.68 Å². The molecule has 2 heterocycles. The van der Waals surface area contributed by atoms with E-state index in [-0.39, 0.29) is 36.3 Å². The molecule has 0 spiro atoms. The number of aromatic amines is 1. The lowest BCUT2D eigenvalue weighted by molar-refractivity contribution is -0.116. The van der Waals surface area contributed by atoms with Gasteiger partial charge in [0.25, 0.3) is 5.56 Å². The Balaban J connectivity index is 1.69. The fraction of sp³-hybridized carbons (Fsp3) is 0.333. The van der Waals surface area contributed by atoms with Crippen molar-refractivity contribution in [3.05, 3.63) is 46.4 Å². The lowest BCUT2D eigenvalue weighted by Crippen LogP contribution is -2.20. The molecular weight excluding hydrogens is 334 g/mol. The molecule has 136 valence electrons. The zero-order chi connectivity index (χ0) is 18.7. The molecule has 0 radical (unpaired) electrons. The number of anilines is 1. The highest BCUT2D eigenvalue weighted by Crippen LogP contribution is 2.14. The number of nitrogens with one attached hydrogen (secondary N) is 2. The first-order chi connectivity index (χ1) is 12.5. The van der Waals surface area contributed by atoms with Crippen molar-refractivity contribution in [1.82, 2.24) is 19.7 Å². The number of ether oxygens (including phenoxy) is 1. The van der Waals surface area contributed by atoms with E-state index in [9.17, 15) is 9.59 Å². The van der Waals surface area contributed by atoms with Crippen molar-refractivity contribution in [3.8, 4) is 5.75 Å². The second kappa shape index (κ2) is 7.38. The molecule has 0 bridgehead atoms. The zero-order valence-electron chi connectivity index (χ0n) is 14.9. The van der Waals surface area contributed by atoms with E-state index in [0.717, 1.165) is 11.3 Å². The third-order valence-corrected chi connectivity index (χ3v) is 3.97. The van der Waals surface area contributed by atoms with Crippen molar-refractivity contribution >= 4 is 22.8 Å². The van der Waals surface area contributed by atoms with Crippen molar-refractivity contribution in [2.45, 2.75) is 26.3 Å². The van der Waals surface area contributed by atoms with Crippen LogP contribution in [0.25, 0.3) is 11.0 Å². The highest BCUT2D eigenvalue weighted by molar-refractivity contribution is 5.85. The van der Waals surface area contributed by atoms with Crippen LogP contribution in [0, 0.1) is 0 Å². The van der Waals surface area contributed by atoms with Crippen LogP contribution < -0.4 is 15.6 Å². The van der Waals surface area contributed by atoms with Crippen LogP contribution in [0.2, 0.25) is 0 Å². The second-order valence-corrected chi connectivity index (χ2v) is 6.25. The number of Topliss-reactive ketones (excluding diaryl/α,β-unsaturated/α-hetero) is 1. The Bertz CT molecular complexity index is 973. The smallest absolute Gasteiger partial charge is 0.263 e. The number of nitrogens with zero attached hydrogens (tertiary/aromatic N) is 3. The third-order valence-electron chi connectivity index (χ3n) is 3.97. The van der Waals surface area contributed by atoms with Crippen LogP contribution in [0.4, 0.5) is 5.95 Å². The lowest BCUT2D eigenvalue weighted by Gasteiger charge is -2.08. The van der Waals surface area contributed by atoms with Gasteiger partial charge in [-0.05, 0) is 31.5 Å². The van der Waals surface area contributed by atoms with Crippen LogP contribution >= 0.6 is 0 Å². The van der Waals surface area contributed by atoms with E-state index in [1.807, 2.05) is 38.1 Å². The third kappa shape index (κ3) is 3.74. The molecule has 0 saturated heterocycles. The van der Waals surface area contributed by atoms with Crippen LogP contribution in [0.15, 0.2) is 35.3 Å². The molecule has 0 fully saturated rings. The van der Waals surface area contributed by atoms with E-state index in [4.69, 9.17) is 4.74 Å². The second-order valence-electron chi connectivity index (χ2n) is 6.25. The zero-order valence-corrected chi connectivity index (χ0v) is 14.9. The molecule has 0 amide bonds. The summed E-state index contributed by atoms with van der Waals surface area (Å²) < 4.78 is 6.77.